The van der Waals surface area contributed by atoms with Crippen molar-refractivity contribution < 1.29 is 26.0 Å². The molecule has 0 radical (unpaired) electrons. The third-order valence-electron chi connectivity index (χ3n) is 4.93. The second-order valence-electron chi connectivity index (χ2n) is 6.99. The Morgan fingerprint density at radius 2 is 1.58 bits per heavy atom. The molecule has 0 aliphatic carbocycles. The number of nitrogens with zero attached hydrogens (tertiary/aromatic N) is 3. The normalized spacial score (nSPS) is 15.4. The van der Waals surface area contributed by atoms with E-state index in [1.165, 1.54) is 17.4 Å². The Labute approximate surface area is 180 Å². The monoisotopic (exact) mass is 471 g/mol. The fraction of sp³-hybridized carbons (Fsp3) is 0.250. The van der Waals surface area contributed by atoms with Gasteiger partial charge < -0.3 is 4.90 Å². The van der Waals surface area contributed by atoms with Crippen molar-refractivity contribution in [2.75, 3.05) is 31.1 Å². The highest BCUT2D eigenvalue weighted by molar-refractivity contribution is 7.89. The molecule has 2 aromatic carbocycles. The first kappa shape index (κ1) is 21.7. The minimum Gasteiger partial charge on any atom is -0.345 e. The van der Waals surface area contributed by atoms with E-state index in [9.17, 15) is 26.0 Å². The van der Waals surface area contributed by atoms with Crippen LogP contribution in [0.1, 0.15) is 11.3 Å². The summed E-state index contributed by atoms with van der Waals surface area (Å²) < 4.78 is 80.8. The summed E-state index contributed by atoms with van der Waals surface area (Å²) in [4.78, 5) is 5.43. The number of hydrogen-bond acceptors (Lipinski definition) is 5. The Morgan fingerprint density at radius 3 is 2.23 bits per heavy atom. The van der Waals surface area contributed by atoms with Crippen molar-refractivity contribution in [2.24, 2.45) is 0 Å². The molecule has 0 bridgehead atoms. The van der Waals surface area contributed by atoms with Crippen molar-refractivity contribution in [2.45, 2.75) is 11.3 Å². The van der Waals surface area contributed by atoms with Gasteiger partial charge in [-0.3, -0.25) is 0 Å². The Balaban J connectivity index is 1.43. The number of piperazine rings is 1. The van der Waals surface area contributed by atoms with Crippen molar-refractivity contribution in [3.63, 3.8) is 0 Å². The molecule has 0 N–H and O–H groups in total. The molecule has 2 heterocycles. The van der Waals surface area contributed by atoms with Crippen LogP contribution in [0.2, 0.25) is 0 Å². The van der Waals surface area contributed by atoms with E-state index in [0.717, 1.165) is 34.6 Å². The minimum atomic E-state index is -4.30. The molecule has 0 saturated carbocycles. The van der Waals surface area contributed by atoms with Crippen LogP contribution in [-0.2, 0) is 16.4 Å². The van der Waals surface area contributed by atoms with Crippen LogP contribution in [0.4, 0.5) is 22.7 Å². The van der Waals surface area contributed by atoms with Gasteiger partial charge in [0.25, 0.3) is 0 Å². The first-order valence-electron chi connectivity index (χ1n) is 9.33. The van der Waals surface area contributed by atoms with Crippen LogP contribution in [0.3, 0.4) is 0 Å². The predicted octanol–water partition coefficient (Wildman–Crippen LogP) is 3.80. The maximum Gasteiger partial charge on any atom is 0.249 e. The average molecular weight is 472 g/mol. The van der Waals surface area contributed by atoms with Gasteiger partial charge in [0.1, 0.15) is 11.6 Å². The summed E-state index contributed by atoms with van der Waals surface area (Å²) in [6.07, 6.45) is 0.328. The van der Waals surface area contributed by atoms with Gasteiger partial charge >= 0.3 is 0 Å². The molecule has 0 spiro atoms. The maximum absolute atomic E-state index is 14.0. The van der Waals surface area contributed by atoms with Crippen molar-refractivity contribution >= 4 is 26.5 Å². The van der Waals surface area contributed by atoms with Crippen molar-refractivity contribution in [1.82, 2.24) is 9.29 Å². The third kappa shape index (κ3) is 4.43. The number of rotatable bonds is 5. The highest BCUT2D eigenvalue weighted by atomic mass is 32.2. The highest BCUT2D eigenvalue weighted by Gasteiger charge is 2.33. The van der Waals surface area contributed by atoms with Gasteiger partial charge in [0.15, 0.2) is 21.7 Å². The predicted molar refractivity (Wildman–Crippen MR) is 109 cm³/mol. The second kappa shape index (κ2) is 8.56. The van der Waals surface area contributed by atoms with E-state index in [1.807, 2.05) is 4.90 Å². The van der Waals surface area contributed by atoms with E-state index in [1.54, 1.807) is 5.38 Å². The zero-order valence-corrected chi connectivity index (χ0v) is 17.7. The van der Waals surface area contributed by atoms with E-state index in [0.29, 0.717) is 35.9 Å². The van der Waals surface area contributed by atoms with Crippen LogP contribution in [0.15, 0.2) is 46.7 Å². The van der Waals surface area contributed by atoms with Crippen molar-refractivity contribution in [3.05, 3.63) is 76.3 Å². The second-order valence-corrected chi connectivity index (χ2v) is 9.70. The zero-order chi connectivity index (χ0) is 22.2. The van der Waals surface area contributed by atoms with Crippen LogP contribution in [0, 0.1) is 23.3 Å². The molecule has 1 saturated heterocycles. The molecule has 11 heteroatoms. The van der Waals surface area contributed by atoms with Gasteiger partial charge in [-0.05, 0) is 29.8 Å². The fourth-order valence-electron chi connectivity index (χ4n) is 3.36. The van der Waals surface area contributed by atoms with Gasteiger partial charge in [0, 0.05) is 38.0 Å². The van der Waals surface area contributed by atoms with Crippen molar-refractivity contribution in [1.29, 1.82) is 0 Å². The largest absolute Gasteiger partial charge is 0.345 e. The molecule has 0 atom stereocenters. The smallest absolute Gasteiger partial charge is 0.249 e. The first-order valence-corrected chi connectivity index (χ1v) is 11.6. The number of thiazole rings is 1. The summed E-state index contributed by atoms with van der Waals surface area (Å²) in [5.41, 5.74) is 1.26. The van der Waals surface area contributed by atoms with Gasteiger partial charge in [0.05, 0.1) is 5.69 Å². The van der Waals surface area contributed by atoms with Gasteiger partial charge in [-0.2, -0.15) is 4.31 Å². The lowest BCUT2D eigenvalue weighted by molar-refractivity contribution is 0.378. The summed E-state index contributed by atoms with van der Waals surface area (Å²) in [5.74, 6) is -4.07. The topological polar surface area (TPSA) is 53.5 Å². The van der Waals surface area contributed by atoms with Crippen molar-refractivity contribution in [3.8, 4) is 0 Å². The van der Waals surface area contributed by atoms with E-state index < -0.39 is 38.2 Å². The molecule has 1 aromatic heterocycles. The van der Waals surface area contributed by atoms with E-state index in [2.05, 4.69) is 4.98 Å². The molecule has 0 unspecified atom stereocenters. The molecular formula is C20H17F4N3O2S2. The zero-order valence-electron chi connectivity index (χ0n) is 16.1. The molecule has 3 aromatic rings. The Bertz CT molecular complexity index is 1190. The van der Waals surface area contributed by atoms with E-state index >= 15 is 0 Å². The summed E-state index contributed by atoms with van der Waals surface area (Å²) in [6.45, 7) is 0.698. The quantitative estimate of drug-likeness (QED) is 0.532. The lowest BCUT2D eigenvalue weighted by atomic mass is 10.1. The van der Waals surface area contributed by atoms with Crippen LogP contribution in [0.5, 0.6) is 0 Å². The number of anilines is 1. The van der Waals surface area contributed by atoms with Crippen LogP contribution >= 0.6 is 11.3 Å². The molecule has 1 aliphatic heterocycles. The molecule has 5 nitrogen and oxygen atoms in total. The third-order valence-corrected chi connectivity index (χ3v) is 7.84. The molecule has 0 amide bonds. The van der Waals surface area contributed by atoms with Crippen LogP contribution < -0.4 is 4.90 Å². The first-order chi connectivity index (χ1) is 14.8. The van der Waals surface area contributed by atoms with Gasteiger partial charge in [-0.25, -0.2) is 31.0 Å². The lowest BCUT2D eigenvalue weighted by Crippen LogP contribution is -2.49. The maximum atomic E-state index is 14.0. The Hall–Kier alpha value is -2.50. The summed E-state index contributed by atoms with van der Waals surface area (Å²) in [6, 6.07) is 6.62. The average Bonchev–Trinajstić information content (AvgIpc) is 3.19. The Morgan fingerprint density at radius 1 is 0.903 bits per heavy atom. The number of sulfonamides is 1. The number of hydrogen-bond donors (Lipinski definition) is 0. The fourth-order valence-corrected chi connectivity index (χ4v) is 5.77. The number of aromatic nitrogens is 1. The molecule has 1 fully saturated rings. The van der Waals surface area contributed by atoms with Gasteiger partial charge in [-0.1, -0.05) is 12.1 Å². The molecule has 4 rings (SSSR count). The summed E-state index contributed by atoms with van der Waals surface area (Å²) in [5, 5.41) is 2.46. The minimum absolute atomic E-state index is 0.0498. The standard InChI is InChI=1S/C20H17F4N3O2S2/c21-15-5-4-13(11-18(15)24)10-14-12-30-20(25-14)26-6-8-27(9-7-26)31(28,29)19-16(22)2-1-3-17(19)23/h1-5,11-12H,6-10H2. The van der Waals surface area contributed by atoms with Crippen LogP contribution in [0.25, 0.3) is 0 Å². The molecule has 1 aliphatic rings. The Kier molecular flexibility index (Phi) is 6.00. The lowest BCUT2D eigenvalue weighted by Gasteiger charge is -2.33. The van der Waals surface area contributed by atoms with E-state index in [4.69, 9.17) is 0 Å². The highest BCUT2D eigenvalue weighted by Crippen LogP contribution is 2.27. The van der Waals surface area contributed by atoms with Gasteiger partial charge in [0.2, 0.25) is 10.0 Å². The molecule has 31 heavy (non-hydrogen) atoms. The SMILES string of the molecule is O=S(=O)(c1c(F)cccc1F)N1CCN(c2nc(Cc3ccc(F)c(F)c3)cs2)CC1. The summed E-state index contributed by atoms with van der Waals surface area (Å²) in [7, 11) is -4.30. The van der Waals surface area contributed by atoms with Crippen LogP contribution in [-0.4, -0.2) is 43.9 Å². The number of halogens is 4. The van der Waals surface area contributed by atoms with E-state index in [-0.39, 0.29) is 13.1 Å². The van der Waals surface area contributed by atoms with Gasteiger partial charge in [-0.15, -0.1) is 11.3 Å². The summed E-state index contributed by atoms with van der Waals surface area (Å²) >= 11 is 1.35. The molecule has 164 valence electrons. The number of benzene rings is 2. The molecular weight excluding hydrogens is 454 g/mol.